The summed E-state index contributed by atoms with van der Waals surface area (Å²) in [5.41, 5.74) is 0.671. The minimum atomic E-state index is -3.95. The second kappa shape index (κ2) is 11.4. The highest BCUT2D eigenvalue weighted by Crippen LogP contribution is 2.30. The molecular weight excluding hydrogens is 498 g/mol. The van der Waals surface area contributed by atoms with Crippen LogP contribution in [-0.4, -0.2) is 85.5 Å². The number of ether oxygens (including phenoxy) is 3. The minimum absolute atomic E-state index is 0.0393. The number of likely N-dealkylation sites (N-methyl/N-ethyl adjacent to an activating group) is 1. The number of methoxy groups -OCH3 is 2. The lowest BCUT2D eigenvalue weighted by atomic mass is 10.2. The normalized spacial score (nSPS) is 15.1. The molecule has 0 aliphatic carbocycles. The van der Waals surface area contributed by atoms with E-state index in [1.54, 1.807) is 12.1 Å². The minimum Gasteiger partial charge on any atom is -0.493 e. The van der Waals surface area contributed by atoms with Gasteiger partial charge in [0, 0.05) is 32.7 Å². The third-order valence-electron chi connectivity index (χ3n) is 5.45. The van der Waals surface area contributed by atoms with E-state index >= 15 is 0 Å². The topological polar surface area (TPSA) is 132 Å². The van der Waals surface area contributed by atoms with Crippen molar-refractivity contribution in [3.8, 4) is 11.5 Å². The molecule has 1 fully saturated rings. The van der Waals surface area contributed by atoms with Crippen molar-refractivity contribution in [1.82, 2.24) is 13.9 Å². The molecular formula is C22H29N3O8S2. The second-order valence-corrected chi connectivity index (χ2v) is 11.7. The third-order valence-corrected chi connectivity index (χ3v) is 9.16. The lowest BCUT2D eigenvalue weighted by Crippen LogP contribution is -2.40. The van der Waals surface area contributed by atoms with E-state index in [2.05, 4.69) is 5.32 Å². The van der Waals surface area contributed by atoms with E-state index in [4.69, 9.17) is 14.2 Å². The summed E-state index contributed by atoms with van der Waals surface area (Å²) < 4.78 is 68.9. The molecule has 13 heteroatoms. The summed E-state index contributed by atoms with van der Waals surface area (Å²) in [7, 11) is -3.41. The first-order chi connectivity index (χ1) is 16.6. The number of amides is 1. The number of hydrogen-bond donors (Lipinski definition) is 1. The number of morpholine rings is 1. The van der Waals surface area contributed by atoms with Gasteiger partial charge in [0.05, 0.1) is 43.8 Å². The standard InChI is InChI=1S/C22H29N3O8S2/c1-24(34(27,28)19-8-9-20(31-2)21(14-19)32-3)16-22(26)23-15-17-4-6-18(7-5-17)35(29,30)25-10-12-33-13-11-25/h4-9,14H,10-13,15-16H2,1-3H3,(H,23,26). The molecule has 11 nitrogen and oxygen atoms in total. The van der Waals surface area contributed by atoms with Gasteiger partial charge in [-0.1, -0.05) is 12.1 Å². The van der Waals surface area contributed by atoms with Crippen LogP contribution < -0.4 is 14.8 Å². The Bertz CT molecular complexity index is 1240. The zero-order valence-electron chi connectivity index (χ0n) is 19.8. The maximum Gasteiger partial charge on any atom is 0.243 e. The molecule has 2 aromatic carbocycles. The number of rotatable bonds is 10. The zero-order valence-corrected chi connectivity index (χ0v) is 21.4. The number of carbonyl (C=O) groups is 1. The van der Waals surface area contributed by atoms with Crippen LogP contribution in [0.3, 0.4) is 0 Å². The average Bonchev–Trinajstić information content (AvgIpc) is 2.87. The Morgan fingerprint density at radius 1 is 0.971 bits per heavy atom. The van der Waals surface area contributed by atoms with Gasteiger partial charge in [0.1, 0.15) is 0 Å². The fourth-order valence-corrected chi connectivity index (χ4v) is 5.97. The van der Waals surface area contributed by atoms with Crippen LogP contribution in [0.25, 0.3) is 0 Å². The maximum atomic E-state index is 12.9. The summed E-state index contributed by atoms with van der Waals surface area (Å²) in [6.07, 6.45) is 0. The highest BCUT2D eigenvalue weighted by Gasteiger charge is 2.26. The molecule has 1 N–H and O–H groups in total. The maximum absolute atomic E-state index is 12.9. The molecule has 0 saturated carbocycles. The van der Waals surface area contributed by atoms with Crippen LogP contribution >= 0.6 is 0 Å². The van der Waals surface area contributed by atoms with Gasteiger partial charge >= 0.3 is 0 Å². The molecule has 1 saturated heterocycles. The molecule has 0 spiro atoms. The summed E-state index contributed by atoms with van der Waals surface area (Å²) in [6.45, 7) is 1.04. The SMILES string of the molecule is COc1ccc(S(=O)(=O)N(C)CC(=O)NCc2ccc(S(=O)(=O)N3CCOCC3)cc2)cc1OC. The first kappa shape index (κ1) is 26.9. The highest BCUT2D eigenvalue weighted by molar-refractivity contribution is 7.89. The molecule has 0 atom stereocenters. The van der Waals surface area contributed by atoms with Crippen molar-refractivity contribution in [2.24, 2.45) is 0 Å². The fraction of sp³-hybridized carbons (Fsp3) is 0.409. The molecule has 1 aliphatic rings. The number of hydrogen-bond acceptors (Lipinski definition) is 8. The predicted octanol–water partition coefficient (Wildman–Crippen LogP) is 0.662. The Morgan fingerprint density at radius 2 is 1.57 bits per heavy atom. The number of nitrogens with one attached hydrogen (secondary N) is 1. The van der Waals surface area contributed by atoms with Crippen molar-refractivity contribution < 1.29 is 35.8 Å². The first-order valence-electron chi connectivity index (χ1n) is 10.7. The summed E-state index contributed by atoms with van der Waals surface area (Å²) in [6, 6.07) is 10.4. The summed E-state index contributed by atoms with van der Waals surface area (Å²) >= 11 is 0. The van der Waals surface area contributed by atoms with Crippen molar-refractivity contribution in [2.75, 3.05) is 54.1 Å². The van der Waals surface area contributed by atoms with E-state index in [1.807, 2.05) is 0 Å². The summed E-state index contributed by atoms with van der Waals surface area (Å²) in [5, 5.41) is 2.65. The van der Waals surface area contributed by atoms with Crippen LogP contribution in [0.1, 0.15) is 5.56 Å². The highest BCUT2D eigenvalue weighted by atomic mass is 32.2. The molecule has 1 heterocycles. The van der Waals surface area contributed by atoms with Crippen molar-refractivity contribution in [2.45, 2.75) is 16.3 Å². The van der Waals surface area contributed by atoms with E-state index in [-0.39, 0.29) is 22.1 Å². The molecule has 192 valence electrons. The second-order valence-electron chi connectivity index (χ2n) is 7.72. The van der Waals surface area contributed by atoms with Crippen molar-refractivity contribution in [1.29, 1.82) is 0 Å². The first-order valence-corrected chi connectivity index (χ1v) is 13.6. The number of benzene rings is 2. The molecule has 2 aromatic rings. The van der Waals surface area contributed by atoms with Crippen LogP contribution in [0.2, 0.25) is 0 Å². The molecule has 1 aliphatic heterocycles. The fourth-order valence-electron chi connectivity index (χ4n) is 3.42. The Hall–Kier alpha value is -2.71. The molecule has 35 heavy (non-hydrogen) atoms. The zero-order chi connectivity index (χ0) is 25.6. The van der Waals surface area contributed by atoms with Gasteiger partial charge < -0.3 is 19.5 Å². The quantitative estimate of drug-likeness (QED) is 0.477. The number of sulfonamides is 2. The van der Waals surface area contributed by atoms with E-state index in [9.17, 15) is 21.6 Å². The third kappa shape index (κ3) is 6.30. The lowest BCUT2D eigenvalue weighted by molar-refractivity contribution is -0.121. The smallest absolute Gasteiger partial charge is 0.243 e. The van der Waals surface area contributed by atoms with Crippen molar-refractivity contribution in [3.63, 3.8) is 0 Å². The van der Waals surface area contributed by atoms with Gasteiger partial charge in [0.15, 0.2) is 11.5 Å². The van der Waals surface area contributed by atoms with E-state index in [0.29, 0.717) is 37.6 Å². The largest absolute Gasteiger partial charge is 0.493 e. The molecule has 0 aromatic heterocycles. The van der Waals surface area contributed by atoms with Gasteiger partial charge in [-0.15, -0.1) is 0 Å². The Morgan fingerprint density at radius 3 is 2.17 bits per heavy atom. The molecule has 0 radical (unpaired) electrons. The van der Waals surface area contributed by atoms with Gasteiger partial charge in [-0.3, -0.25) is 4.79 Å². The molecule has 3 rings (SSSR count). The molecule has 0 bridgehead atoms. The van der Waals surface area contributed by atoms with Gasteiger partial charge in [-0.05, 0) is 29.8 Å². The van der Waals surface area contributed by atoms with Crippen molar-refractivity contribution >= 4 is 26.0 Å². The van der Waals surface area contributed by atoms with Gasteiger partial charge in [-0.25, -0.2) is 16.8 Å². The van der Waals surface area contributed by atoms with Crippen LogP contribution in [0, 0.1) is 0 Å². The summed E-state index contributed by atoms with van der Waals surface area (Å²) in [4.78, 5) is 12.5. The monoisotopic (exact) mass is 527 g/mol. The lowest BCUT2D eigenvalue weighted by Gasteiger charge is -2.26. The van der Waals surface area contributed by atoms with Crippen LogP contribution in [0.5, 0.6) is 11.5 Å². The number of carbonyl (C=O) groups excluding carboxylic acids is 1. The van der Waals surface area contributed by atoms with Gasteiger partial charge in [0.25, 0.3) is 0 Å². The van der Waals surface area contributed by atoms with Crippen LogP contribution in [-0.2, 0) is 36.1 Å². The Labute approximate surface area is 205 Å². The van der Waals surface area contributed by atoms with E-state index in [0.717, 1.165) is 4.31 Å². The molecule has 1 amide bonds. The summed E-state index contributed by atoms with van der Waals surface area (Å²) in [5.74, 6) is 0.127. The predicted molar refractivity (Wildman–Crippen MR) is 127 cm³/mol. The van der Waals surface area contributed by atoms with Crippen LogP contribution in [0.4, 0.5) is 0 Å². The molecule has 0 unspecified atom stereocenters. The van der Waals surface area contributed by atoms with Crippen LogP contribution in [0.15, 0.2) is 52.3 Å². The van der Waals surface area contributed by atoms with Gasteiger partial charge in [0.2, 0.25) is 26.0 Å². The van der Waals surface area contributed by atoms with Crippen molar-refractivity contribution in [3.05, 3.63) is 48.0 Å². The Kier molecular flexibility index (Phi) is 8.72. The average molecular weight is 528 g/mol. The van der Waals surface area contributed by atoms with E-state index < -0.39 is 32.5 Å². The van der Waals surface area contributed by atoms with Gasteiger partial charge in [-0.2, -0.15) is 8.61 Å². The van der Waals surface area contributed by atoms with E-state index in [1.165, 1.54) is 55.9 Å². The Balaban J connectivity index is 1.58. The number of nitrogens with zero attached hydrogens (tertiary/aromatic N) is 2.